The Labute approximate surface area is 114 Å². The summed E-state index contributed by atoms with van der Waals surface area (Å²) in [5, 5.41) is 11.5. The number of nitriles is 1. The van der Waals surface area contributed by atoms with E-state index in [0.717, 1.165) is 32.6 Å². The molecule has 1 aromatic rings. The summed E-state index contributed by atoms with van der Waals surface area (Å²) >= 11 is 1.69. The molecular weight excluding hydrogens is 242 g/mol. The van der Waals surface area contributed by atoms with Gasteiger partial charge in [-0.05, 0) is 24.4 Å². The van der Waals surface area contributed by atoms with Crippen molar-refractivity contribution in [1.29, 1.82) is 5.26 Å². The van der Waals surface area contributed by atoms with Gasteiger partial charge < -0.3 is 0 Å². The zero-order valence-electron chi connectivity index (χ0n) is 11.2. The fraction of sp³-hybridized carbons (Fsp3) is 0.643. The fourth-order valence-corrected chi connectivity index (χ4v) is 3.53. The van der Waals surface area contributed by atoms with E-state index >= 15 is 0 Å². The molecule has 18 heavy (non-hydrogen) atoms. The lowest BCUT2D eigenvalue weighted by atomic mass is 10.1. The third kappa shape index (κ3) is 2.74. The smallest absolute Gasteiger partial charge is 0.133 e. The van der Waals surface area contributed by atoms with Crippen LogP contribution in [-0.2, 0) is 0 Å². The van der Waals surface area contributed by atoms with Crippen LogP contribution >= 0.6 is 11.3 Å². The van der Waals surface area contributed by atoms with Crippen LogP contribution in [0.25, 0.3) is 0 Å². The standard InChI is InChI=1S/C14H21N3S/c1-3-12-11-17(8-7-16(12)4-2)13(10-15)14-6-5-9-18-14/h5-6,9,12-13H,3-4,7-8,11H2,1-2H3. The Hall–Kier alpha value is -0.890. The summed E-state index contributed by atoms with van der Waals surface area (Å²) in [7, 11) is 0. The van der Waals surface area contributed by atoms with E-state index in [9.17, 15) is 5.26 Å². The van der Waals surface area contributed by atoms with Crippen LogP contribution in [-0.4, -0.2) is 42.0 Å². The fourth-order valence-electron chi connectivity index (χ4n) is 2.73. The van der Waals surface area contributed by atoms with Gasteiger partial charge in [-0.1, -0.05) is 19.9 Å². The van der Waals surface area contributed by atoms with E-state index in [-0.39, 0.29) is 6.04 Å². The second kappa shape index (κ2) is 6.33. The van der Waals surface area contributed by atoms with Crippen LogP contribution < -0.4 is 0 Å². The van der Waals surface area contributed by atoms with Crippen molar-refractivity contribution in [3.8, 4) is 6.07 Å². The number of nitrogens with zero attached hydrogens (tertiary/aromatic N) is 3. The second-order valence-corrected chi connectivity index (χ2v) is 5.71. The van der Waals surface area contributed by atoms with Gasteiger partial charge in [-0.15, -0.1) is 11.3 Å². The number of hydrogen-bond acceptors (Lipinski definition) is 4. The monoisotopic (exact) mass is 263 g/mol. The van der Waals surface area contributed by atoms with E-state index < -0.39 is 0 Å². The summed E-state index contributed by atoms with van der Waals surface area (Å²) in [6.45, 7) is 8.67. The molecule has 98 valence electrons. The number of piperazine rings is 1. The molecule has 0 saturated carbocycles. The highest BCUT2D eigenvalue weighted by Gasteiger charge is 2.30. The third-order valence-electron chi connectivity index (χ3n) is 3.81. The van der Waals surface area contributed by atoms with Crippen molar-refractivity contribution in [3.05, 3.63) is 22.4 Å². The molecule has 0 amide bonds. The van der Waals surface area contributed by atoms with Gasteiger partial charge in [0.25, 0.3) is 0 Å². The van der Waals surface area contributed by atoms with Gasteiger partial charge in [0.2, 0.25) is 0 Å². The van der Waals surface area contributed by atoms with E-state index in [0.29, 0.717) is 6.04 Å². The molecule has 1 aromatic heterocycles. The molecule has 0 aliphatic carbocycles. The Kier molecular flexibility index (Phi) is 4.76. The van der Waals surface area contributed by atoms with Crippen LogP contribution in [0.1, 0.15) is 31.2 Å². The van der Waals surface area contributed by atoms with Crippen LogP contribution in [0.5, 0.6) is 0 Å². The molecule has 2 rings (SSSR count). The maximum Gasteiger partial charge on any atom is 0.133 e. The molecule has 2 atom stereocenters. The number of rotatable bonds is 4. The highest BCUT2D eigenvalue weighted by molar-refractivity contribution is 7.10. The topological polar surface area (TPSA) is 30.3 Å². The molecule has 1 saturated heterocycles. The summed E-state index contributed by atoms with van der Waals surface area (Å²) in [5.41, 5.74) is 0. The Bertz CT molecular complexity index is 396. The molecule has 1 fully saturated rings. The lowest BCUT2D eigenvalue weighted by Crippen LogP contribution is -2.53. The van der Waals surface area contributed by atoms with Gasteiger partial charge in [0.05, 0.1) is 6.07 Å². The largest absolute Gasteiger partial charge is 0.298 e. The second-order valence-electron chi connectivity index (χ2n) is 4.73. The first-order valence-corrected chi connectivity index (χ1v) is 7.59. The quantitative estimate of drug-likeness (QED) is 0.836. The number of likely N-dealkylation sites (N-methyl/N-ethyl adjacent to an activating group) is 1. The number of hydrogen-bond donors (Lipinski definition) is 0. The van der Waals surface area contributed by atoms with E-state index in [4.69, 9.17) is 0 Å². The summed E-state index contributed by atoms with van der Waals surface area (Å²) in [6.07, 6.45) is 1.16. The molecule has 2 heterocycles. The Morgan fingerprint density at radius 1 is 1.50 bits per heavy atom. The maximum atomic E-state index is 9.43. The molecule has 0 spiro atoms. The first-order chi connectivity index (χ1) is 8.80. The number of thiophene rings is 1. The minimum Gasteiger partial charge on any atom is -0.298 e. The van der Waals surface area contributed by atoms with Gasteiger partial charge in [0.15, 0.2) is 0 Å². The average molecular weight is 263 g/mol. The van der Waals surface area contributed by atoms with Crippen molar-refractivity contribution in [2.24, 2.45) is 0 Å². The zero-order chi connectivity index (χ0) is 13.0. The minimum absolute atomic E-state index is 0.0574. The van der Waals surface area contributed by atoms with Crippen molar-refractivity contribution >= 4 is 11.3 Å². The predicted molar refractivity (Wildman–Crippen MR) is 75.6 cm³/mol. The van der Waals surface area contributed by atoms with Gasteiger partial charge >= 0.3 is 0 Å². The summed E-state index contributed by atoms with van der Waals surface area (Å²) in [6, 6.07) is 7.12. The third-order valence-corrected chi connectivity index (χ3v) is 4.74. The SMILES string of the molecule is CCC1CN(C(C#N)c2cccs2)CCN1CC. The van der Waals surface area contributed by atoms with Crippen LogP contribution in [0.15, 0.2) is 17.5 Å². The molecule has 0 aromatic carbocycles. The average Bonchev–Trinajstić information content (AvgIpc) is 2.93. The van der Waals surface area contributed by atoms with Gasteiger partial charge in [0.1, 0.15) is 6.04 Å². The first kappa shape index (κ1) is 13.5. The molecule has 0 bridgehead atoms. The molecule has 4 heteroatoms. The molecular formula is C14H21N3S. The van der Waals surface area contributed by atoms with Crippen molar-refractivity contribution in [2.75, 3.05) is 26.2 Å². The summed E-state index contributed by atoms with van der Waals surface area (Å²) < 4.78 is 0. The highest BCUT2D eigenvalue weighted by atomic mass is 32.1. The molecule has 3 nitrogen and oxygen atoms in total. The van der Waals surface area contributed by atoms with Crippen LogP contribution in [0.4, 0.5) is 0 Å². The molecule has 1 aliphatic rings. The lowest BCUT2D eigenvalue weighted by Gasteiger charge is -2.42. The minimum atomic E-state index is -0.0574. The van der Waals surface area contributed by atoms with Crippen LogP contribution in [0.2, 0.25) is 0 Å². The normalized spacial score (nSPS) is 23.7. The highest BCUT2D eigenvalue weighted by Crippen LogP contribution is 2.27. The van der Waals surface area contributed by atoms with E-state index in [1.54, 1.807) is 11.3 Å². The van der Waals surface area contributed by atoms with E-state index in [1.165, 1.54) is 4.88 Å². The van der Waals surface area contributed by atoms with Crippen molar-refractivity contribution < 1.29 is 0 Å². The Morgan fingerprint density at radius 3 is 2.89 bits per heavy atom. The van der Waals surface area contributed by atoms with Gasteiger partial charge in [-0.3, -0.25) is 9.80 Å². The van der Waals surface area contributed by atoms with Crippen molar-refractivity contribution in [3.63, 3.8) is 0 Å². The zero-order valence-corrected chi connectivity index (χ0v) is 12.0. The van der Waals surface area contributed by atoms with Gasteiger partial charge in [-0.2, -0.15) is 5.26 Å². The predicted octanol–water partition coefficient (Wildman–Crippen LogP) is 2.73. The Morgan fingerprint density at radius 2 is 2.33 bits per heavy atom. The van der Waals surface area contributed by atoms with Crippen LogP contribution in [0.3, 0.4) is 0 Å². The molecule has 1 aliphatic heterocycles. The van der Waals surface area contributed by atoms with Crippen LogP contribution in [0, 0.1) is 11.3 Å². The molecule has 2 unspecified atom stereocenters. The van der Waals surface area contributed by atoms with Gasteiger partial charge in [0, 0.05) is 30.6 Å². The van der Waals surface area contributed by atoms with Gasteiger partial charge in [-0.25, -0.2) is 0 Å². The summed E-state index contributed by atoms with van der Waals surface area (Å²) in [5.74, 6) is 0. The molecule has 0 radical (unpaired) electrons. The Balaban J connectivity index is 2.08. The van der Waals surface area contributed by atoms with Crippen molar-refractivity contribution in [2.45, 2.75) is 32.4 Å². The van der Waals surface area contributed by atoms with E-state index in [1.807, 2.05) is 6.07 Å². The maximum absolute atomic E-state index is 9.43. The lowest BCUT2D eigenvalue weighted by molar-refractivity contribution is 0.0631. The van der Waals surface area contributed by atoms with E-state index in [2.05, 4.69) is 41.2 Å². The van der Waals surface area contributed by atoms with Crippen molar-refractivity contribution in [1.82, 2.24) is 9.80 Å². The summed E-state index contributed by atoms with van der Waals surface area (Å²) in [4.78, 5) is 6.04. The molecule has 0 N–H and O–H groups in total. The first-order valence-electron chi connectivity index (χ1n) is 6.71.